The fourth-order valence-electron chi connectivity index (χ4n) is 3.57. The normalized spacial score (nSPS) is 22.5. The number of benzene rings is 2. The summed E-state index contributed by atoms with van der Waals surface area (Å²) in [5.41, 5.74) is 0.380. The molecule has 1 heterocycles. The van der Waals surface area contributed by atoms with Gasteiger partial charge >= 0.3 is 0 Å². The monoisotopic (exact) mass is 479 g/mol. The molecular weight excluding hydrogens is 449 g/mol. The highest BCUT2D eigenvalue weighted by Gasteiger charge is 2.26. The van der Waals surface area contributed by atoms with E-state index in [0.717, 1.165) is 12.1 Å². The first-order valence-corrected chi connectivity index (χ1v) is 12.2. The van der Waals surface area contributed by atoms with Crippen molar-refractivity contribution in [2.75, 3.05) is 38.6 Å². The molecule has 0 radical (unpaired) electrons. The van der Waals surface area contributed by atoms with Crippen LogP contribution in [0.3, 0.4) is 0 Å². The quantitative estimate of drug-likeness (QED) is 0.700. The zero-order valence-corrected chi connectivity index (χ0v) is 20.0. The molecule has 1 amide bonds. The number of hydrogen-bond donors (Lipinski definition) is 2. The molecule has 0 aliphatic carbocycles. The minimum Gasteiger partial charge on any atom is -0.491 e. The predicted molar refractivity (Wildman–Crippen MR) is 124 cm³/mol. The Morgan fingerprint density at radius 3 is 2.67 bits per heavy atom. The Kier molecular flexibility index (Phi) is 7.93. The molecule has 3 rings (SSSR count). The number of ether oxygens (including phenoxy) is 2. The van der Waals surface area contributed by atoms with Gasteiger partial charge in [0, 0.05) is 39.0 Å². The van der Waals surface area contributed by atoms with Gasteiger partial charge in [0.1, 0.15) is 18.2 Å². The summed E-state index contributed by atoms with van der Waals surface area (Å²) in [4.78, 5) is 14.6. The van der Waals surface area contributed by atoms with Crippen LogP contribution in [0.2, 0.25) is 0 Å². The lowest BCUT2D eigenvalue weighted by molar-refractivity contribution is 0.0281. The SMILES string of the molecule is CO[C@H]1CN(C)C(=O)c2cc(NS(=O)(=O)c3cccc(F)c3)ccc2OC[C@H](C)NC[C@@H]1C. The van der Waals surface area contributed by atoms with E-state index in [4.69, 9.17) is 9.47 Å². The van der Waals surface area contributed by atoms with Crippen LogP contribution in [0.1, 0.15) is 24.2 Å². The molecule has 0 unspecified atom stereocenters. The number of anilines is 1. The average Bonchev–Trinajstić information content (AvgIpc) is 2.78. The van der Waals surface area contributed by atoms with Crippen LogP contribution in [0.25, 0.3) is 0 Å². The Labute approximate surface area is 194 Å². The number of methoxy groups -OCH3 is 1. The smallest absolute Gasteiger partial charge is 0.261 e. The van der Waals surface area contributed by atoms with Crippen LogP contribution in [-0.2, 0) is 14.8 Å². The van der Waals surface area contributed by atoms with Crippen molar-refractivity contribution in [3.63, 3.8) is 0 Å². The molecule has 1 aliphatic rings. The maximum atomic E-state index is 13.5. The third-order valence-electron chi connectivity index (χ3n) is 5.58. The first-order valence-electron chi connectivity index (χ1n) is 10.7. The van der Waals surface area contributed by atoms with Crippen molar-refractivity contribution in [2.24, 2.45) is 5.92 Å². The van der Waals surface area contributed by atoms with Gasteiger partial charge in [0.15, 0.2) is 0 Å². The lowest BCUT2D eigenvalue weighted by Crippen LogP contribution is -2.44. The van der Waals surface area contributed by atoms with Crippen molar-refractivity contribution < 1.29 is 27.1 Å². The molecule has 180 valence electrons. The first kappa shape index (κ1) is 24.9. The second-order valence-electron chi connectivity index (χ2n) is 8.33. The largest absolute Gasteiger partial charge is 0.491 e. The molecular formula is C23H30FN3O5S. The van der Waals surface area contributed by atoms with Crippen LogP contribution in [0.15, 0.2) is 47.4 Å². The number of likely N-dealkylation sites (N-methyl/N-ethyl adjacent to an activating group) is 1. The molecule has 8 nitrogen and oxygen atoms in total. The average molecular weight is 480 g/mol. The van der Waals surface area contributed by atoms with E-state index in [1.54, 1.807) is 20.2 Å². The van der Waals surface area contributed by atoms with Gasteiger partial charge in [-0.15, -0.1) is 0 Å². The van der Waals surface area contributed by atoms with E-state index in [-0.39, 0.29) is 40.1 Å². The lowest BCUT2D eigenvalue weighted by Gasteiger charge is -2.30. The van der Waals surface area contributed by atoms with E-state index >= 15 is 0 Å². The van der Waals surface area contributed by atoms with Crippen molar-refractivity contribution in [1.29, 1.82) is 0 Å². The molecule has 2 aromatic rings. The van der Waals surface area contributed by atoms with E-state index in [0.29, 0.717) is 25.4 Å². The van der Waals surface area contributed by atoms with Crippen LogP contribution in [0.4, 0.5) is 10.1 Å². The first-order chi connectivity index (χ1) is 15.6. The standard InChI is InChI=1S/C23H30FN3O5S/c1-15-12-25-16(2)14-32-21-9-8-18(11-20(21)23(28)27(3)13-22(15)31-4)26-33(29,30)19-7-5-6-17(24)10-19/h5-11,15-16,22,25-26H,12-14H2,1-4H3/t15-,16-,22-/m0/s1. The zero-order valence-electron chi connectivity index (χ0n) is 19.2. The van der Waals surface area contributed by atoms with E-state index in [1.165, 1.54) is 29.2 Å². The minimum absolute atomic E-state index is 0.0243. The summed E-state index contributed by atoms with van der Waals surface area (Å²) in [5.74, 6) is -0.495. The van der Waals surface area contributed by atoms with Crippen molar-refractivity contribution in [2.45, 2.75) is 30.9 Å². The van der Waals surface area contributed by atoms with Crippen molar-refractivity contribution in [1.82, 2.24) is 10.2 Å². The van der Waals surface area contributed by atoms with E-state index in [1.807, 2.05) is 13.8 Å². The van der Waals surface area contributed by atoms with Gasteiger partial charge in [-0.3, -0.25) is 9.52 Å². The number of halogens is 1. The molecule has 3 atom stereocenters. The number of fused-ring (bicyclic) bond motifs is 1. The Morgan fingerprint density at radius 1 is 1.21 bits per heavy atom. The van der Waals surface area contributed by atoms with Gasteiger partial charge in [0.2, 0.25) is 0 Å². The number of amides is 1. The number of sulfonamides is 1. The van der Waals surface area contributed by atoms with Gasteiger partial charge in [-0.25, -0.2) is 12.8 Å². The molecule has 0 aromatic heterocycles. The van der Waals surface area contributed by atoms with Crippen molar-refractivity contribution in [3.05, 3.63) is 53.8 Å². The third-order valence-corrected chi connectivity index (χ3v) is 6.96. The van der Waals surface area contributed by atoms with Gasteiger partial charge in [-0.2, -0.15) is 0 Å². The fourth-order valence-corrected chi connectivity index (χ4v) is 4.65. The van der Waals surface area contributed by atoms with Crippen LogP contribution < -0.4 is 14.8 Å². The maximum Gasteiger partial charge on any atom is 0.261 e. The molecule has 2 aromatic carbocycles. The summed E-state index contributed by atoms with van der Waals surface area (Å²) >= 11 is 0. The van der Waals surface area contributed by atoms with Gasteiger partial charge < -0.3 is 19.7 Å². The maximum absolute atomic E-state index is 13.5. The number of carbonyl (C=O) groups excluding carboxylic acids is 1. The highest BCUT2D eigenvalue weighted by molar-refractivity contribution is 7.92. The summed E-state index contributed by atoms with van der Waals surface area (Å²) < 4.78 is 52.9. The van der Waals surface area contributed by atoms with E-state index < -0.39 is 15.8 Å². The van der Waals surface area contributed by atoms with E-state index in [2.05, 4.69) is 10.0 Å². The third kappa shape index (κ3) is 6.21. The summed E-state index contributed by atoms with van der Waals surface area (Å²) in [6.45, 7) is 5.41. The zero-order chi connectivity index (χ0) is 24.2. The molecule has 10 heteroatoms. The Hall–Kier alpha value is -2.69. The minimum atomic E-state index is -4.05. The predicted octanol–water partition coefficient (Wildman–Crippen LogP) is 2.72. The van der Waals surface area contributed by atoms with Crippen molar-refractivity contribution >= 4 is 21.6 Å². The Morgan fingerprint density at radius 2 is 1.97 bits per heavy atom. The number of hydrogen-bond acceptors (Lipinski definition) is 6. The fraction of sp³-hybridized carbons (Fsp3) is 0.435. The Balaban J connectivity index is 1.94. The molecule has 0 bridgehead atoms. The van der Waals surface area contributed by atoms with E-state index in [9.17, 15) is 17.6 Å². The molecule has 0 saturated carbocycles. The highest BCUT2D eigenvalue weighted by atomic mass is 32.2. The molecule has 0 fully saturated rings. The molecule has 2 N–H and O–H groups in total. The van der Waals surface area contributed by atoms with Gasteiger partial charge in [-0.1, -0.05) is 13.0 Å². The topological polar surface area (TPSA) is 97.0 Å². The van der Waals surface area contributed by atoms with Gasteiger partial charge in [0.25, 0.3) is 15.9 Å². The molecule has 0 saturated heterocycles. The second kappa shape index (κ2) is 10.5. The summed E-state index contributed by atoms with van der Waals surface area (Å²) in [6.07, 6.45) is -0.183. The summed E-state index contributed by atoms with van der Waals surface area (Å²) in [7, 11) is -0.769. The van der Waals surface area contributed by atoms with Crippen LogP contribution >= 0.6 is 0 Å². The molecule has 0 spiro atoms. The van der Waals surface area contributed by atoms with Crippen LogP contribution in [-0.4, -0.2) is 65.2 Å². The number of nitrogens with zero attached hydrogens (tertiary/aromatic N) is 1. The van der Waals surface area contributed by atoms with Crippen molar-refractivity contribution in [3.8, 4) is 5.75 Å². The second-order valence-corrected chi connectivity index (χ2v) is 10.0. The Bertz CT molecular complexity index is 1100. The number of nitrogens with one attached hydrogen (secondary N) is 2. The van der Waals surface area contributed by atoms with Crippen LogP contribution in [0.5, 0.6) is 5.75 Å². The number of rotatable bonds is 4. The number of carbonyl (C=O) groups is 1. The highest BCUT2D eigenvalue weighted by Crippen LogP contribution is 2.27. The lowest BCUT2D eigenvalue weighted by atomic mass is 10.0. The molecule has 1 aliphatic heterocycles. The summed E-state index contributed by atoms with van der Waals surface area (Å²) in [6, 6.07) is 9.22. The van der Waals surface area contributed by atoms with Crippen LogP contribution in [0, 0.1) is 11.7 Å². The van der Waals surface area contributed by atoms with Gasteiger partial charge in [-0.05, 0) is 49.2 Å². The molecule has 33 heavy (non-hydrogen) atoms. The summed E-state index contributed by atoms with van der Waals surface area (Å²) in [5, 5.41) is 3.41. The van der Waals surface area contributed by atoms with Gasteiger partial charge in [0.05, 0.1) is 16.6 Å².